The molecule has 1 aromatic carbocycles. The Morgan fingerprint density at radius 1 is 1.47 bits per heavy atom. The van der Waals surface area contributed by atoms with E-state index in [9.17, 15) is 4.79 Å². The largest absolute Gasteiger partial charge is 0.490 e. The number of aromatic carboxylic acids is 1. The molecule has 19 heavy (non-hydrogen) atoms. The van der Waals surface area contributed by atoms with Gasteiger partial charge in [-0.1, -0.05) is 12.7 Å². The highest BCUT2D eigenvalue weighted by Crippen LogP contribution is 2.22. The molecule has 0 atom stereocenters. The third-order valence-electron chi connectivity index (χ3n) is 2.62. The molecule has 0 amide bonds. The average molecular weight is 258 g/mol. The van der Waals surface area contributed by atoms with Crippen LogP contribution >= 0.6 is 0 Å². The maximum atomic E-state index is 10.9. The second kappa shape index (κ2) is 5.39. The summed E-state index contributed by atoms with van der Waals surface area (Å²) < 4.78 is 6.93. The number of benzene rings is 1. The van der Waals surface area contributed by atoms with Gasteiger partial charge < -0.3 is 9.84 Å². The Bertz CT molecular complexity index is 600. The van der Waals surface area contributed by atoms with Crippen LogP contribution in [0.2, 0.25) is 0 Å². The van der Waals surface area contributed by atoms with Gasteiger partial charge in [0.15, 0.2) is 5.69 Å². The molecule has 0 unspecified atom stereocenters. The molecular weight excluding hydrogens is 244 g/mol. The van der Waals surface area contributed by atoms with Crippen LogP contribution in [0.1, 0.15) is 10.5 Å². The Hall–Kier alpha value is -2.56. The minimum Gasteiger partial charge on any atom is -0.490 e. The minimum absolute atomic E-state index is 0.0319. The van der Waals surface area contributed by atoms with Crippen molar-refractivity contribution in [2.75, 3.05) is 6.61 Å². The van der Waals surface area contributed by atoms with Crippen molar-refractivity contribution in [1.29, 1.82) is 0 Å². The van der Waals surface area contributed by atoms with Crippen molar-refractivity contribution in [3.8, 4) is 17.0 Å². The van der Waals surface area contributed by atoms with Crippen LogP contribution in [0, 0.1) is 0 Å². The van der Waals surface area contributed by atoms with Gasteiger partial charge in [0.25, 0.3) is 0 Å². The van der Waals surface area contributed by atoms with Gasteiger partial charge in [0, 0.05) is 12.6 Å². The van der Waals surface area contributed by atoms with E-state index < -0.39 is 5.97 Å². The Morgan fingerprint density at radius 2 is 2.16 bits per heavy atom. The summed E-state index contributed by atoms with van der Waals surface area (Å²) >= 11 is 0. The van der Waals surface area contributed by atoms with Crippen LogP contribution in [0.3, 0.4) is 0 Å². The smallest absolute Gasteiger partial charge is 0.356 e. The van der Waals surface area contributed by atoms with Crippen molar-refractivity contribution in [3.05, 3.63) is 48.7 Å². The molecule has 0 bridgehead atoms. The average Bonchev–Trinajstić information content (AvgIpc) is 2.79. The number of hydrogen-bond donors (Lipinski definition) is 1. The molecule has 0 aliphatic rings. The number of aryl methyl sites for hydroxylation is 1. The lowest BCUT2D eigenvalue weighted by atomic mass is 10.1. The number of carbonyl (C=O) groups is 1. The summed E-state index contributed by atoms with van der Waals surface area (Å²) in [6.45, 7) is 4.03. The van der Waals surface area contributed by atoms with Gasteiger partial charge in [-0.15, -0.1) is 0 Å². The first-order valence-corrected chi connectivity index (χ1v) is 5.73. The predicted octanol–water partition coefficient (Wildman–Crippen LogP) is 2.35. The molecule has 2 aromatic rings. The standard InChI is InChI=1S/C14H14N2O3/c1-3-8-19-11-6-4-10(5-7-11)13-9-12(14(17)18)15-16(13)2/h3-7,9H,1,8H2,2H3,(H,17,18). The van der Waals surface area contributed by atoms with E-state index in [0.717, 1.165) is 17.0 Å². The first kappa shape index (κ1) is 12.9. The van der Waals surface area contributed by atoms with Crippen molar-refractivity contribution >= 4 is 5.97 Å². The van der Waals surface area contributed by atoms with Crippen LogP contribution in [0.4, 0.5) is 0 Å². The van der Waals surface area contributed by atoms with Crippen LogP contribution in [-0.2, 0) is 7.05 Å². The second-order valence-corrected chi connectivity index (χ2v) is 3.97. The van der Waals surface area contributed by atoms with E-state index in [2.05, 4.69) is 11.7 Å². The third kappa shape index (κ3) is 2.82. The van der Waals surface area contributed by atoms with Gasteiger partial charge in [-0.05, 0) is 30.3 Å². The van der Waals surface area contributed by atoms with Gasteiger partial charge in [-0.3, -0.25) is 4.68 Å². The van der Waals surface area contributed by atoms with E-state index in [1.165, 1.54) is 0 Å². The highest BCUT2D eigenvalue weighted by molar-refractivity contribution is 5.87. The highest BCUT2D eigenvalue weighted by Gasteiger charge is 2.12. The van der Waals surface area contributed by atoms with Gasteiger partial charge in [-0.2, -0.15) is 5.10 Å². The molecule has 0 radical (unpaired) electrons. The Labute approximate surface area is 110 Å². The zero-order valence-electron chi connectivity index (χ0n) is 10.5. The van der Waals surface area contributed by atoms with E-state index in [1.807, 2.05) is 24.3 Å². The van der Waals surface area contributed by atoms with E-state index >= 15 is 0 Å². The van der Waals surface area contributed by atoms with E-state index in [0.29, 0.717) is 6.61 Å². The molecule has 1 N–H and O–H groups in total. The van der Waals surface area contributed by atoms with Gasteiger partial charge in [0.1, 0.15) is 12.4 Å². The van der Waals surface area contributed by atoms with Crippen molar-refractivity contribution in [2.24, 2.45) is 7.05 Å². The topological polar surface area (TPSA) is 64.3 Å². The van der Waals surface area contributed by atoms with Gasteiger partial charge in [0.2, 0.25) is 0 Å². The second-order valence-electron chi connectivity index (χ2n) is 3.97. The summed E-state index contributed by atoms with van der Waals surface area (Å²) in [5, 5.41) is 12.8. The van der Waals surface area contributed by atoms with Crippen LogP contribution in [-0.4, -0.2) is 27.5 Å². The Kier molecular flexibility index (Phi) is 3.66. The van der Waals surface area contributed by atoms with Crippen LogP contribution in [0.15, 0.2) is 43.0 Å². The number of nitrogens with zero attached hydrogens (tertiary/aromatic N) is 2. The Balaban J connectivity index is 2.26. The van der Waals surface area contributed by atoms with Gasteiger partial charge in [-0.25, -0.2) is 4.79 Å². The molecular formula is C14H14N2O3. The molecule has 98 valence electrons. The fourth-order valence-corrected chi connectivity index (χ4v) is 1.72. The van der Waals surface area contributed by atoms with E-state index in [-0.39, 0.29) is 5.69 Å². The fraction of sp³-hybridized carbons (Fsp3) is 0.143. The lowest BCUT2D eigenvalue weighted by molar-refractivity contribution is 0.0689. The molecule has 5 heteroatoms. The number of hydrogen-bond acceptors (Lipinski definition) is 3. The zero-order chi connectivity index (χ0) is 13.8. The molecule has 2 rings (SSSR count). The lowest BCUT2D eigenvalue weighted by Gasteiger charge is -2.05. The van der Waals surface area contributed by atoms with Gasteiger partial charge in [0.05, 0.1) is 5.69 Å². The number of carboxylic acids is 1. The normalized spacial score (nSPS) is 10.2. The maximum absolute atomic E-state index is 10.9. The molecule has 0 spiro atoms. The quantitative estimate of drug-likeness (QED) is 0.836. The molecule has 0 aliphatic heterocycles. The molecule has 0 saturated carbocycles. The lowest BCUT2D eigenvalue weighted by Crippen LogP contribution is -1.99. The summed E-state index contributed by atoms with van der Waals surface area (Å²) in [5.74, 6) is -0.294. The monoisotopic (exact) mass is 258 g/mol. The summed E-state index contributed by atoms with van der Waals surface area (Å²) in [5.41, 5.74) is 1.66. The SMILES string of the molecule is C=CCOc1ccc(-c2cc(C(=O)O)nn2C)cc1. The molecule has 0 saturated heterocycles. The van der Waals surface area contributed by atoms with Crippen LogP contribution in [0.25, 0.3) is 11.3 Å². The number of ether oxygens (including phenoxy) is 1. The summed E-state index contributed by atoms with van der Waals surface area (Å²) in [7, 11) is 1.71. The van der Waals surface area contributed by atoms with Gasteiger partial charge >= 0.3 is 5.97 Å². The Morgan fingerprint density at radius 3 is 2.68 bits per heavy atom. The first-order chi connectivity index (χ1) is 9.11. The molecule has 1 aromatic heterocycles. The highest BCUT2D eigenvalue weighted by atomic mass is 16.5. The first-order valence-electron chi connectivity index (χ1n) is 5.73. The fourth-order valence-electron chi connectivity index (χ4n) is 1.72. The number of carboxylic acid groups (broad SMARTS) is 1. The number of rotatable bonds is 5. The minimum atomic E-state index is -1.03. The maximum Gasteiger partial charge on any atom is 0.356 e. The third-order valence-corrected chi connectivity index (χ3v) is 2.62. The molecule has 0 fully saturated rings. The molecule has 1 heterocycles. The number of aromatic nitrogens is 2. The predicted molar refractivity (Wildman–Crippen MR) is 71.3 cm³/mol. The molecule has 0 aliphatic carbocycles. The summed E-state index contributed by atoms with van der Waals surface area (Å²) in [6.07, 6.45) is 1.67. The van der Waals surface area contributed by atoms with E-state index in [1.54, 1.807) is 23.9 Å². The van der Waals surface area contributed by atoms with Crippen LogP contribution < -0.4 is 4.74 Å². The summed E-state index contributed by atoms with van der Waals surface area (Å²) in [4.78, 5) is 10.9. The van der Waals surface area contributed by atoms with Crippen molar-refractivity contribution in [2.45, 2.75) is 0 Å². The van der Waals surface area contributed by atoms with Crippen molar-refractivity contribution < 1.29 is 14.6 Å². The van der Waals surface area contributed by atoms with Crippen LogP contribution in [0.5, 0.6) is 5.75 Å². The zero-order valence-corrected chi connectivity index (χ0v) is 10.5. The molecule has 5 nitrogen and oxygen atoms in total. The van der Waals surface area contributed by atoms with E-state index in [4.69, 9.17) is 9.84 Å². The summed E-state index contributed by atoms with van der Waals surface area (Å²) in [6, 6.07) is 8.92. The van der Waals surface area contributed by atoms with Crippen molar-refractivity contribution in [1.82, 2.24) is 9.78 Å². The van der Waals surface area contributed by atoms with Crippen molar-refractivity contribution in [3.63, 3.8) is 0 Å².